The second-order valence-corrected chi connectivity index (χ2v) is 3.33. The van der Waals surface area contributed by atoms with Crippen LogP contribution in [0.1, 0.15) is 12.0 Å². The predicted molar refractivity (Wildman–Crippen MR) is 56.9 cm³/mol. The molecule has 0 saturated heterocycles. The van der Waals surface area contributed by atoms with Crippen molar-refractivity contribution in [3.8, 4) is 5.75 Å². The largest absolute Gasteiger partial charge is 0.497 e. The van der Waals surface area contributed by atoms with Crippen molar-refractivity contribution in [1.29, 1.82) is 0 Å². The molecule has 0 aliphatic heterocycles. The van der Waals surface area contributed by atoms with Gasteiger partial charge in [0.2, 0.25) is 0 Å². The lowest BCUT2D eigenvalue weighted by Gasteiger charge is -2.06. The lowest BCUT2D eigenvalue weighted by Crippen LogP contribution is -2.30. The Morgan fingerprint density at radius 3 is 2.53 bits per heavy atom. The minimum atomic E-state index is -0.955. The molecule has 0 fully saturated rings. The van der Waals surface area contributed by atoms with Crippen LogP contribution in [0, 0.1) is 0 Å². The summed E-state index contributed by atoms with van der Waals surface area (Å²) in [5.74, 6) is -0.162. The third-order valence-electron chi connectivity index (χ3n) is 2.22. The van der Waals surface area contributed by atoms with Crippen molar-refractivity contribution < 1.29 is 14.6 Å². The van der Waals surface area contributed by atoms with Crippen molar-refractivity contribution in [2.75, 3.05) is 7.11 Å². The summed E-state index contributed by atoms with van der Waals surface area (Å²) in [6.45, 7) is 0. The zero-order valence-electron chi connectivity index (χ0n) is 8.64. The van der Waals surface area contributed by atoms with E-state index in [2.05, 4.69) is 0 Å². The van der Waals surface area contributed by atoms with E-state index in [1.54, 1.807) is 7.11 Å². The minimum Gasteiger partial charge on any atom is -0.497 e. The summed E-state index contributed by atoms with van der Waals surface area (Å²) in [5, 5.41) is 8.60. The monoisotopic (exact) mass is 209 g/mol. The smallest absolute Gasteiger partial charge is 0.320 e. The summed E-state index contributed by atoms with van der Waals surface area (Å²) < 4.78 is 5.01. The first-order chi connectivity index (χ1) is 7.13. The molecule has 1 atom stereocenters. The highest BCUT2D eigenvalue weighted by molar-refractivity contribution is 5.73. The second-order valence-electron chi connectivity index (χ2n) is 3.33. The molecular weight excluding hydrogens is 194 g/mol. The van der Waals surface area contributed by atoms with Crippen molar-refractivity contribution in [3.63, 3.8) is 0 Å². The van der Waals surface area contributed by atoms with Gasteiger partial charge in [0.05, 0.1) is 7.11 Å². The SMILES string of the molecule is COc1ccc(CC[C@@H](N)C(=O)O)cc1. The fourth-order valence-corrected chi connectivity index (χ4v) is 1.24. The van der Waals surface area contributed by atoms with E-state index in [0.717, 1.165) is 11.3 Å². The number of rotatable bonds is 5. The first-order valence-corrected chi connectivity index (χ1v) is 4.75. The number of hydrogen-bond acceptors (Lipinski definition) is 3. The summed E-state index contributed by atoms with van der Waals surface area (Å²) in [4.78, 5) is 10.5. The normalized spacial score (nSPS) is 12.1. The molecular formula is C11H15NO3. The number of aryl methyl sites for hydroxylation is 1. The lowest BCUT2D eigenvalue weighted by atomic mass is 10.1. The number of carboxylic acids is 1. The summed E-state index contributed by atoms with van der Waals surface area (Å²) >= 11 is 0. The van der Waals surface area contributed by atoms with Crippen molar-refractivity contribution in [2.45, 2.75) is 18.9 Å². The van der Waals surface area contributed by atoms with Gasteiger partial charge in [-0.25, -0.2) is 0 Å². The van der Waals surface area contributed by atoms with Crippen molar-refractivity contribution >= 4 is 5.97 Å². The number of nitrogens with two attached hydrogens (primary N) is 1. The highest BCUT2D eigenvalue weighted by Crippen LogP contribution is 2.12. The molecule has 82 valence electrons. The third kappa shape index (κ3) is 3.59. The summed E-state index contributed by atoms with van der Waals surface area (Å²) in [6.07, 6.45) is 1.11. The van der Waals surface area contributed by atoms with Gasteiger partial charge in [0.1, 0.15) is 11.8 Å². The van der Waals surface area contributed by atoms with E-state index in [4.69, 9.17) is 15.6 Å². The van der Waals surface area contributed by atoms with Crippen LogP contribution in [-0.2, 0) is 11.2 Å². The van der Waals surface area contributed by atoms with Crippen LogP contribution in [0.5, 0.6) is 5.75 Å². The Hall–Kier alpha value is -1.55. The number of aliphatic carboxylic acids is 1. The molecule has 0 aliphatic rings. The van der Waals surface area contributed by atoms with Crippen LogP contribution in [0.2, 0.25) is 0 Å². The van der Waals surface area contributed by atoms with Crippen molar-refractivity contribution in [2.24, 2.45) is 5.73 Å². The van der Waals surface area contributed by atoms with Gasteiger partial charge in [-0.15, -0.1) is 0 Å². The first kappa shape index (κ1) is 11.5. The fraction of sp³-hybridized carbons (Fsp3) is 0.364. The quantitative estimate of drug-likeness (QED) is 0.760. The molecule has 0 heterocycles. The topological polar surface area (TPSA) is 72.5 Å². The number of hydrogen-bond donors (Lipinski definition) is 2. The second kappa shape index (κ2) is 5.36. The van der Waals surface area contributed by atoms with Crippen molar-refractivity contribution in [1.82, 2.24) is 0 Å². The minimum absolute atomic E-state index is 0.446. The van der Waals surface area contributed by atoms with E-state index in [0.29, 0.717) is 12.8 Å². The van der Waals surface area contributed by atoms with E-state index in [1.807, 2.05) is 24.3 Å². The highest BCUT2D eigenvalue weighted by atomic mass is 16.5. The molecule has 0 radical (unpaired) electrons. The molecule has 0 spiro atoms. The van der Waals surface area contributed by atoms with Crippen LogP contribution in [0.4, 0.5) is 0 Å². The summed E-state index contributed by atoms with van der Waals surface area (Å²) in [5.41, 5.74) is 6.46. The maximum Gasteiger partial charge on any atom is 0.320 e. The predicted octanol–water partition coefficient (Wildman–Crippen LogP) is 1.04. The number of benzene rings is 1. The molecule has 0 amide bonds. The van der Waals surface area contributed by atoms with Gasteiger partial charge >= 0.3 is 5.97 Å². The van der Waals surface area contributed by atoms with Gasteiger partial charge < -0.3 is 15.6 Å². The van der Waals surface area contributed by atoms with Gasteiger partial charge in [0, 0.05) is 0 Å². The molecule has 0 saturated carbocycles. The molecule has 0 aliphatic carbocycles. The van der Waals surface area contributed by atoms with Crippen LogP contribution >= 0.6 is 0 Å². The van der Waals surface area contributed by atoms with Gasteiger partial charge in [-0.3, -0.25) is 4.79 Å². The van der Waals surface area contributed by atoms with Crippen molar-refractivity contribution in [3.05, 3.63) is 29.8 Å². The van der Waals surface area contributed by atoms with Gasteiger partial charge in [-0.2, -0.15) is 0 Å². The van der Waals surface area contributed by atoms with E-state index < -0.39 is 12.0 Å². The molecule has 0 aromatic heterocycles. The fourth-order valence-electron chi connectivity index (χ4n) is 1.24. The van der Waals surface area contributed by atoms with E-state index >= 15 is 0 Å². The van der Waals surface area contributed by atoms with Crippen LogP contribution in [-0.4, -0.2) is 24.2 Å². The zero-order valence-corrected chi connectivity index (χ0v) is 8.64. The molecule has 4 nitrogen and oxygen atoms in total. The van der Waals surface area contributed by atoms with Gasteiger partial charge in [-0.05, 0) is 30.5 Å². The molecule has 3 N–H and O–H groups in total. The Bertz CT molecular complexity index is 321. The maximum atomic E-state index is 10.5. The van der Waals surface area contributed by atoms with E-state index in [9.17, 15) is 4.79 Å². The Morgan fingerprint density at radius 1 is 1.47 bits per heavy atom. The van der Waals surface area contributed by atoms with E-state index in [-0.39, 0.29) is 0 Å². The number of ether oxygens (including phenoxy) is 1. The lowest BCUT2D eigenvalue weighted by molar-refractivity contribution is -0.138. The third-order valence-corrected chi connectivity index (χ3v) is 2.22. The average molecular weight is 209 g/mol. The van der Waals surface area contributed by atoms with Crippen LogP contribution < -0.4 is 10.5 Å². The molecule has 1 rings (SSSR count). The number of carboxylic acid groups (broad SMARTS) is 1. The van der Waals surface area contributed by atoms with Crippen LogP contribution in [0.3, 0.4) is 0 Å². The summed E-state index contributed by atoms with van der Waals surface area (Å²) in [7, 11) is 1.61. The first-order valence-electron chi connectivity index (χ1n) is 4.75. The molecule has 15 heavy (non-hydrogen) atoms. The van der Waals surface area contributed by atoms with Gasteiger partial charge in [0.15, 0.2) is 0 Å². The molecule has 1 aromatic carbocycles. The highest BCUT2D eigenvalue weighted by Gasteiger charge is 2.10. The average Bonchev–Trinajstić information content (AvgIpc) is 2.26. The Labute approximate surface area is 88.7 Å². The number of methoxy groups -OCH3 is 1. The van der Waals surface area contributed by atoms with Gasteiger partial charge in [0.25, 0.3) is 0 Å². The molecule has 4 heteroatoms. The Kier molecular flexibility index (Phi) is 4.12. The van der Waals surface area contributed by atoms with Crippen LogP contribution in [0.25, 0.3) is 0 Å². The van der Waals surface area contributed by atoms with E-state index in [1.165, 1.54) is 0 Å². The zero-order chi connectivity index (χ0) is 11.3. The number of carbonyl (C=O) groups is 1. The summed E-state index contributed by atoms with van der Waals surface area (Å²) in [6, 6.07) is 6.73. The molecule has 1 aromatic rings. The van der Waals surface area contributed by atoms with Crippen LogP contribution in [0.15, 0.2) is 24.3 Å². The molecule has 0 unspecified atom stereocenters. The maximum absolute atomic E-state index is 10.5. The Balaban J connectivity index is 2.47. The molecule has 0 bridgehead atoms. The standard InChI is InChI=1S/C11H15NO3/c1-15-9-5-2-8(3-6-9)4-7-10(12)11(13)14/h2-3,5-6,10H,4,7,12H2,1H3,(H,13,14)/t10-/m1/s1. The Morgan fingerprint density at radius 2 is 2.07 bits per heavy atom. The van der Waals surface area contributed by atoms with Gasteiger partial charge in [-0.1, -0.05) is 12.1 Å².